The normalized spacial score (nSPS) is 17.0. The summed E-state index contributed by atoms with van der Waals surface area (Å²) in [5.41, 5.74) is 0.644. The second kappa shape index (κ2) is 8.75. The number of ether oxygens (including phenoxy) is 1. The fourth-order valence-electron chi connectivity index (χ4n) is 3.10. The first-order chi connectivity index (χ1) is 13.1. The van der Waals surface area contributed by atoms with E-state index in [-0.39, 0.29) is 30.0 Å². The summed E-state index contributed by atoms with van der Waals surface area (Å²) in [4.78, 5) is 30.3. The van der Waals surface area contributed by atoms with Crippen LogP contribution in [0.5, 0.6) is 0 Å². The molecule has 2 heterocycles. The van der Waals surface area contributed by atoms with Crippen LogP contribution in [0.4, 0.5) is 4.39 Å². The first-order valence-corrected chi connectivity index (χ1v) is 9.09. The number of aryl methyl sites for hydroxylation is 1. The number of halogens is 1. The third-order valence-corrected chi connectivity index (χ3v) is 4.52. The van der Waals surface area contributed by atoms with Crippen molar-refractivity contribution in [2.45, 2.75) is 32.6 Å². The van der Waals surface area contributed by atoms with E-state index in [9.17, 15) is 14.0 Å². The van der Waals surface area contributed by atoms with Crippen LogP contribution in [-0.2, 0) is 20.7 Å². The Morgan fingerprint density at radius 1 is 1.33 bits per heavy atom. The Morgan fingerprint density at radius 2 is 2.11 bits per heavy atom. The molecule has 3 rings (SSSR count). The summed E-state index contributed by atoms with van der Waals surface area (Å²) >= 11 is 0. The van der Waals surface area contributed by atoms with Crippen molar-refractivity contribution in [1.82, 2.24) is 15.0 Å². The zero-order valence-corrected chi connectivity index (χ0v) is 15.2. The second-order valence-electron chi connectivity index (χ2n) is 6.45. The van der Waals surface area contributed by atoms with Crippen molar-refractivity contribution in [2.24, 2.45) is 5.92 Å². The Labute approximate surface area is 156 Å². The van der Waals surface area contributed by atoms with E-state index in [4.69, 9.17) is 9.26 Å². The topological polar surface area (TPSA) is 85.5 Å². The van der Waals surface area contributed by atoms with E-state index < -0.39 is 0 Å². The smallest absolute Gasteiger partial charge is 0.310 e. The number of esters is 1. The van der Waals surface area contributed by atoms with E-state index in [0.29, 0.717) is 43.4 Å². The molecule has 1 amide bonds. The molecule has 27 heavy (non-hydrogen) atoms. The molecule has 144 valence electrons. The maximum Gasteiger partial charge on any atom is 0.310 e. The van der Waals surface area contributed by atoms with Crippen molar-refractivity contribution in [1.29, 1.82) is 0 Å². The molecule has 0 spiro atoms. The summed E-state index contributed by atoms with van der Waals surface area (Å²) in [6.45, 7) is 3.15. The van der Waals surface area contributed by atoms with Gasteiger partial charge in [-0.15, -0.1) is 0 Å². The highest BCUT2D eigenvalue weighted by molar-refractivity contribution is 5.78. The van der Waals surface area contributed by atoms with Gasteiger partial charge in [-0.1, -0.05) is 5.16 Å². The molecule has 1 aliphatic heterocycles. The van der Waals surface area contributed by atoms with Gasteiger partial charge in [0.1, 0.15) is 5.82 Å². The molecule has 0 bridgehead atoms. The van der Waals surface area contributed by atoms with Crippen LogP contribution >= 0.6 is 0 Å². The zero-order valence-electron chi connectivity index (χ0n) is 15.2. The number of piperidine rings is 1. The Hall–Kier alpha value is -2.77. The lowest BCUT2D eigenvalue weighted by Crippen LogP contribution is -2.42. The molecule has 1 aromatic heterocycles. The molecule has 1 atom stereocenters. The highest BCUT2D eigenvalue weighted by atomic mass is 19.1. The lowest BCUT2D eigenvalue weighted by molar-refractivity contribution is -0.151. The molecule has 1 unspecified atom stereocenters. The van der Waals surface area contributed by atoms with Gasteiger partial charge >= 0.3 is 5.97 Å². The number of rotatable bonds is 6. The predicted octanol–water partition coefficient (Wildman–Crippen LogP) is 2.61. The SMILES string of the molecule is CCOC(=O)C1CCCN(C(=O)CCc2nc(-c3ccc(F)cc3)no2)C1. The summed E-state index contributed by atoms with van der Waals surface area (Å²) in [6.07, 6.45) is 2.06. The van der Waals surface area contributed by atoms with Crippen LogP contribution in [0.3, 0.4) is 0 Å². The third kappa shape index (κ3) is 4.90. The van der Waals surface area contributed by atoms with Crippen molar-refractivity contribution in [2.75, 3.05) is 19.7 Å². The molecular formula is C19H22FN3O4. The standard InChI is InChI=1S/C19H22FN3O4/c1-2-26-19(25)14-4-3-11-23(12-14)17(24)10-9-16-21-18(22-27-16)13-5-7-15(20)8-6-13/h5-8,14H,2-4,9-12H2,1H3. The first kappa shape index (κ1) is 19.0. The molecule has 0 aliphatic carbocycles. The summed E-state index contributed by atoms with van der Waals surface area (Å²) < 4.78 is 23.2. The van der Waals surface area contributed by atoms with Crippen LogP contribution in [0.2, 0.25) is 0 Å². The molecule has 2 aromatic rings. The minimum Gasteiger partial charge on any atom is -0.466 e. The van der Waals surface area contributed by atoms with Gasteiger partial charge < -0.3 is 14.2 Å². The second-order valence-corrected chi connectivity index (χ2v) is 6.45. The van der Waals surface area contributed by atoms with Gasteiger partial charge in [0.2, 0.25) is 17.6 Å². The number of hydrogen-bond acceptors (Lipinski definition) is 6. The van der Waals surface area contributed by atoms with Gasteiger partial charge in [-0.25, -0.2) is 4.39 Å². The van der Waals surface area contributed by atoms with Gasteiger partial charge in [0.15, 0.2) is 0 Å². The molecule has 0 saturated carbocycles. The van der Waals surface area contributed by atoms with Gasteiger partial charge in [0, 0.05) is 31.5 Å². The molecule has 1 aliphatic rings. The van der Waals surface area contributed by atoms with Gasteiger partial charge in [0.25, 0.3) is 0 Å². The van der Waals surface area contributed by atoms with Gasteiger partial charge in [0.05, 0.1) is 12.5 Å². The van der Waals surface area contributed by atoms with E-state index in [2.05, 4.69) is 10.1 Å². The van der Waals surface area contributed by atoms with Gasteiger partial charge in [-0.05, 0) is 44.0 Å². The highest BCUT2D eigenvalue weighted by Gasteiger charge is 2.29. The summed E-state index contributed by atoms with van der Waals surface area (Å²) in [5.74, 6) is -0.173. The van der Waals surface area contributed by atoms with Gasteiger partial charge in [-0.2, -0.15) is 4.98 Å². The fourth-order valence-corrected chi connectivity index (χ4v) is 3.10. The maximum atomic E-state index is 13.0. The highest BCUT2D eigenvalue weighted by Crippen LogP contribution is 2.20. The number of hydrogen-bond donors (Lipinski definition) is 0. The van der Waals surface area contributed by atoms with Crippen molar-refractivity contribution in [3.63, 3.8) is 0 Å². The predicted molar refractivity (Wildman–Crippen MR) is 94.0 cm³/mol. The van der Waals surface area contributed by atoms with Crippen LogP contribution in [0.1, 0.15) is 32.1 Å². The van der Waals surface area contributed by atoms with E-state index in [0.717, 1.165) is 12.8 Å². The summed E-state index contributed by atoms with van der Waals surface area (Å²) in [5, 5.41) is 3.87. The van der Waals surface area contributed by atoms with Crippen LogP contribution in [0.25, 0.3) is 11.4 Å². The van der Waals surface area contributed by atoms with Crippen LogP contribution < -0.4 is 0 Å². The average Bonchev–Trinajstić information content (AvgIpc) is 3.16. The molecule has 7 nitrogen and oxygen atoms in total. The molecule has 8 heteroatoms. The minimum absolute atomic E-state index is 0.0504. The number of likely N-dealkylation sites (tertiary alicyclic amines) is 1. The Kier molecular flexibility index (Phi) is 6.16. The van der Waals surface area contributed by atoms with Crippen molar-refractivity contribution in [3.8, 4) is 11.4 Å². The Bertz CT molecular complexity index is 791. The van der Waals surface area contributed by atoms with Crippen molar-refractivity contribution < 1.29 is 23.2 Å². The Morgan fingerprint density at radius 3 is 2.85 bits per heavy atom. The lowest BCUT2D eigenvalue weighted by atomic mass is 9.98. The molecule has 1 fully saturated rings. The quantitative estimate of drug-likeness (QED) is 0.722. The minimum atomic E-state index is -0.337. The molecular weight excluding hydrogens is 353 g/mol. The first-order valence-electron chi connectivity index (χ1n) is 9.09. The molecule has 0 radical (unpaired) electrons. The largest absolute Gasteiger partial charge is 0.466 e. The van der Waals surface area contributed by atoms with Crippen LogP contribution in [0.15, 0.2) is 28.8 Å². The van der Waals surface area contributed by atoms with Gasteiger partial charge in [-0.3, -0.25) is 9.59 Å². The van der Waals surface area contributed by atoms with E-state index >= 15 is 0 Å². The number of amides is 1. The van der Waals surface area contributed by atoms with Crippen LogP contribution in [-0.4, -0.2) is 46.6 Å². The van der Waals surface area contributed by atoms with Crippen molar-refractivity contribution in [3.05, 3.63) is 36.0 Å². The van der Waals surface area contributed by atoms with E-state index in [1.54, 1.807) is 24.0 Å². The van der Waals surface area contributed by atoms with E-state index in [1.807, 2.05) is 0 Å². The molecule has 1 saturated heterocycles. The maximum absolute atomic E-state index is 13.0. The lowest BCUT2D eigenvalue weighted by Gasteiger charge is -2.31. The average molecular weight is 375 g/mol. The number of carbonyl (C=O) groups is 2. The summed E-state index contributed by atoms with van der Waals surface area (Å²) in [7, 11) is 0. The van der Waals surface area contributed by atoms with Crippen molar-refractivity contribution >= 4 is 11.9 Å². The monoisotopic (exact) mass is 375 g/mol. The van der Waals surface area contributed by atoms with E-state index in [1.165, 1.54) is 12.1 Å². The summed E-state index contributed by atoms with van der Waals surface area (Å²) in [6, 6.07) is 5.78. The zero-order chi connectivity index (χ0) is 19.2. The Balaban J connectivity index is 1.53. The number of nitrogens with zero attached hydrogens (tertiary/aromatic N) is 3. The molecule has 0 N–H and O–H groups in total. The number of carbonyl (C=O) groups excluding carboxylic acids is 2. The third-order valence-electron chi connectivity index (χ3n) is 4.52. The van der Waals surface area contributed by atoms with Crippen LogP contribution in [0, 0.1) is 11.7 Å². The molecule has 1 aromatic carbocycles. The number of benzene rings is 1. The fraction of sp³-hybridized carbons (Fsp3) is 0.474. The number of aromatic nitrogens is 2.